The molecule has 132 valence electrons. The summed E-state index contributed by atoms with van der Waals surface area (Å²) in [5, 5.41) is 15.5. The smallest absolute Gasteiger partial charge is 0.274 e. The molecule has 0 radical (unpaired) electrons. The number of fused-ring (bicyclic) bond motifs is 1. The Kier molecular flexibility index (Phi) is 4.10. The Balaban J connectivity index is 1.63. The Morgan fingerprint density at radius 3 is 3.07 bits per heavy atom. The molecule has 8 nitrogen and oxygen atoms in total. The first-order valence-electron chi connectivity index (χ1n) is 8.19. The average Bonchev–Trinajstić information content (AvgIpc) is 3.31. The number of amides is 1. The van der Waals surface area contributed by atoms with Crippen molar-refractivity contribution in [1.82, 2.24) is 19.5 Å². The maximum atomic E-state index is 12.7. The number of nitrogens with zero attached hydrogens (tertiary/aromatic N) is 5. The van der Waals surface area contributed by atoms with Crippen LogP contribution in [0, 0.1) is 18.3 Å². The topological polar surface area (TPSA) is 109 Å². The van der Waals surface area contributed by atoms with Gasteiger partial charge in [-0.25, -0.2) is 4.98 Å². The van der Waals surface area contributed by atoms with Crippen molar-refractivity contribution in [3.63, 3.8) is 0 Å². The Labute approximate surface area is 154 Å². The number of nitriles is 1. The van der Waals surface area contributed by atoms with Crippen molar-refractivity contribution in [3.8, 4) is 17.5 Å². The van der Waals surface area contributed by atoms with Gasteiger partial charge in [-0.1, -0.05) is 23.4 Å². The summed E-state index contributed by atoms with van der Waals surface area (Å²) in [6, 6.07) is 13.0. The van der Waals surface area contributed by atoms with Gasteiger partial charge in [0.25, 0.3) is 5.91 Å². The number of imidazole rings is 1. The van der Waals surface area contributed by atoms with Crippen LogP contribution < -0.4 is 5.32 Å². The molecule has 0 unspecified atom stereocenters. The first-order valence-corrected chi connectivity index (χ1v) is 8.19. The van der Waals surface area contributed by atoms with Crippen molar-refractivity contribution in [1.29, 1.82) is 5.26 Å². The molecule has 3 aromatic heterocycles. The molecular weight excluding hydrogens is 344 g/mol. The molecule has 1 N–H and O–H groups in total. The number of hydrogen-bond acceptors (Lipinski definition) is 6. The van der Waals surface area contributed by atoms with Crippen LogP contribution in [0.4, 0.5) is 5.69 Å². The third kappa shape index (κ3) is 3.14. The highest BCUT2D eigenvalue weighted by atomic mass is 16.5. The van der Waals surface area contributed by atoms with Gasteiger partial charge in [0.05, 0.1) is 12.3 Å². The summed E-state index contributed by atoms with van der Waals surface area (Å²) in [5.41, 5.74) is 3.34. The van der Waals surface area contributed by atoms with Crippen LogP contribution in [0.5, 0.6) is 0 Å². The van der Waals surface area contributed by atoms with Crippen LogP contribution in [0.2, 0.25) is 0 Å². The van der Waals surface area contributed by atoms with Crippen molar-refractivity contribution in [2.45, 2.75) is 13.3 Å². The number of aryl methyl sites for hydroxylation is 1. The Morgan fingerprint density at radius 2 is 2.22 bits per heavy atom. The Bertz CT molecular complexity index is 1180. The predicted octanol–water partition coefficient (Wildman–Crippen LogP) is 3.01. The minimum atomic E-state index is -0.271. The lowest BCUT2D eigenvalue weighted by molar-refractivity contribution is 0.102. The van der Waals surface area contributed by atoms with E-state index in [0.717, 1.165) is 5.56 Å². The molecule has 0 aliphatic carbocycles. The fourth-order valence-electron chi connectivity index (χ4n) is 2.69. The lowest BCUT2D eigenvalue weighted by atomic mass is 10.1. The van der Waals surface area contributed by atoms with Crippen molar-refractivity contribution >= 4 is 17.2 Å². The lowest BCUT2D eigenvalue weighted by Gasteiger charge is -2.09. The monoisotopic (exact) mass is 358 g/mol. The summed E-state index contributed by atoms with van der Waals surface area (Å²) in [6.07, 6.45) is 3.38. The van der Waals surface area contributed by atoms with Crippen LogP contribution in [0.1, 0.15) is 21.9 Å². The van der Waals surface area contributed by atoms with Gasteiger partial charge in [0.2, 0.25) is 11.7 Å². The molecule has 3 heterocycles. The van der Waals surface area contributed by atoms with Gasteiger partial charge in [-0.2, -0.15) is 10.2 Å². The highest BCUT2D eigenvalue weighted by Crippen LogP contribution is 2.24. The fourth-order valence-corrected chi connectivity index (χ4v) is 2.69. The van der Waals surface area contributed by atoms with Gasteiger partial charge in [-0.3, -0.25) is 9.20 Å². The van der Waals surface area contributed by atoms with E-state index >= 15 is 0 Å². The minimum Gasteiger partial charge on any atom is -0.338 e. The van der Waals surface area contributed by atoms with Crippen LogP contribution in [0.25, 0.3) is 17.0 Å². The molecule has 0 atom stereocenters. The van der Waals surface area contributed by atoms with Crippen LogP contribution >= 0.6 is 0 Å². The van der Waals surface area contributed by atoms with Gasteiger partial charge in [0.1, 0.15) is 17.8 Å². The number of benzene rings is 1. The summed E-state index contributed by atoms with van der Waals surface area (Å²) in [7, 11) is 0. The van der Waals surface area contributed by atoms with Crippen LogP contribution in [-0.2, 0) is 6.42 Å². The largest absolute Gasteiger partial charge is 0.338 e. The van der Waals surface area contributed by atoms with Crippen LogP contribution in [0.3, 0.4) is 0 Å². The molecule has 0 fully saturated rings. The molecule has 0 bridgehead atoms. The van der Waals surface area contributed by atoms with Gasteiger partial charge >= 0.3 is 0 Å². The molecule has 1 amide bonds. The normalized spacial score (nSPS) is 10.7. The molecule has 4 rings (SSSR count). The maximum Gasteiger partial charge on any atom is 0.274 e. The number of aromatic nitrogens is 4. The minimum absolute atomic E-state index is 0.0523. The third-order valence-corrected chi connectivity index (χ3v) is 4.09. The van der Waals surface area contributed by atoms with E-state index in [1.165, 1.54) is 6.20 Å². The van der Waals surface area contributed by atoms with Gasteiger partial charge < -0.3 is 9.84 Å². The summed E-state index contributed by atoms with van der Waals surface area (Å²) in [4.78, 5) is 21.1. The molecule has 4 aromatic rings. The molecular formula is C19H14N6O2. The highest BCUT2D eigenvalue weighted by molar-refractivity contribution is 6.04. The molecule has 1 aromatic carbocycles. The zero-order valence-corrected chi connectivity index (χ0v) is 14.4. The lowest BCUT2D eigenvalue weighted by Crippen LogP contribution is -2.15. The molecule has 0 saturated carbocycles. The molecule has 0 saturated heterocycles. The molecule has 0 aliphatic rings. The van der Waals surface area contributed by atoms with Gasteiger partial charge in [0, 0.05) is 17.4 Å². The Hall–Kier alpha value is -3.99. The molecule has 0 aliphatic heterocycles. The molecule has 8 heteroatoms. The van der Waals surface area contributed by atoms with E-state index in [0.29, 0.717) is 28.4 Å². The maximum absolute atomic E-state index is 12.7. The first kappa shape index (κ1) is 16.5. The summed E-state index contributed by atoms with van der Waals surface area (Å²) in [6.45, 7) is 1.89. The number of carbonyl (C=O) groups is 1. The average molecular weight is 358 g/mol. The molecule has 0 spiro atoms. The number of pyridine rings is 1. The molecule has 27 heavy (non-hydrogen) atoms. The van der Waals surface area contributed by atoms with Crippen LogP contribution in [0.15, 0.2) is 53.3 Å². The van der Waals surface area contributed by atoms with Crippen molar-refractivity contribution in [2.24, 2.45) is 0 Å². The number of rotatable bonds is 4. The van der Waals surface area contributed by atoms with E-state index in [9.17, 15) is 4.79 Å². The number of carbonyl (C=O) groups excluding carboxylic acids is 1. The van der Waals surface area contributed by atoms with Gasteiger partial charge in [-0.05, 0) is 30.7 Å². The second-order valence-corrected chi connectivity index (χ2v) is 5.90. The first-order chi connectivity index (χ1) is 13.2. The second kappa shape index (κ2) is 6.72. The van der Waals surface area contributed by atoms with E-state index in [4.69, 9.17) is 9.78 Å². The van der Waals surface area contributed by atoms with E-state index in [1.807, 2.05) is 43.3 Å². The van der Waals surface area contributed by atoms with Gasteiger partial charge in [0.15, 0.2) is 0 Å². The zero-order valence-electron chi connectivity index (χ0n) is 14.4. The van der Waals surface area contributed by atoms with Crippen LogP contribution in [-0.4, -0.2) is 25.4 Å². The predicted molar refractivity (Wildman–Crippen MR) is 96.9 cm³/mol. The standard InChI is InChI=1S/C19H14N6O2/c1-12-5-6-13(18-23-17(7-8-20)27-24-18)10-14(12)22-19(26)15-11-21-16-4-2-3-9-25(15)16/h2-6,9-11H,7H2,1H3,(H,22,26). The Morgan fingerprint density at radius 1 is 1.33 bits per heavy atom. The quantitative estimate of drug-likeness (QED) is 0.600. The number of nitrogens with one attached hydrogen (secondary N) is 1. The van der Waals surface area contributed by atoms with Gasteiger partial charge in [-0.15, -0.1) is 0 Å². The fraction of sp³-hybridized carbons (Fsp3) is 0.105. The van der Waals surface area contributed by atoms with E-state index in [2.05, 4.69) is 20.4 Å². The number of hydrogen-bond donors (Lipinski definition) is 1. The second-order valence-electron chi connectivity index (χ2n) is 5.90. The summed E-state index contributed by atoms with van der Waals surface area (Å²) < 4.78 is 6.76. The summed E-state index contributed by atoms with van der Waals surface area (Å²) in [5.74, 6) is 0.349. The zero-order chi connectivity index (χ0) is 18.8. The van der Waals surface area contributed by atoms with Crippen molar-refractivity contribution in [2.75, 3.05) is 5.32 Å². The van der Waals surface area contributed by atoms with E-state index < -0.39 is 0 Å². The number of anilines is 1. The van der Waals surface area contributed by atoms with E-state index in [1.54, 1.807) is 16.7 Å². The SMILES string of the molecule is Cc1ccc(-c2noc(CC#N)n2)cc1NC(=O)c1cnc2ccccn12. The van der Waals surface area contributed by atoms with E-state index in [-0.39, 0.29) is 18.2 Å². The van der Waals surface area contributed by atoms with Crippen molar-refractivity contribution in [3.05, 3.63) is 65.9 Å². The third-order valence-electron chi connectivity index (χ3n) is 4.09. The van der Waals surface area contributed by atoms with Crippen molar-refractivity contribution < 1.29 is 9.32 Å². The summed E-state index contributed by atoms with van der Waals surface area (Å²) >= 11 is 0. The highest BCUT2D eigenvalue weighted by Gasteiger charge is 2.15.